The predicted octanol–water partition coefficient (Wildman–Crippen LogP) is 4.75. The summed E-state index contributed by atoms with van der Waals surface area (Å²) in [6.07, 6.45) is 1.45. The van der Waals surface area contributed by atoms with Crippen LogP contribution in [-0.4, -0.2) is 31.8 Å². The van der Waals surface area contributed by atoms with Crippen molar-refractivity contribution in [2.75, 3.05) is 13.7 Å². The third-order valence-corrected chi connectivity index (χ3v) is 4.62. The van der Waals surface area contributed by atoms with Crippen molar-refractivity contribution in [2.24, 2.45) is 5.10 Å². The molecular formula is C23H18Cl2N2O5. The predicted molar refractivity (Wildman–Crippen MR) is 122 cm³/mol. The van der Waals surface area contributed by atoms with Gasteiger partial charge in [-0.25, -0.2) is 10.2 Å². The maximum Gasteiger partial charge on any atom is 0.345 e. The van der Waals surface area contributed by atoms with Crippen LogP contribution < -0.4 is 19.6 Å². The number of hydrazone groups is 1. The lowest BCUT2D eigenvalue weighted by Gasteiger charge is -2.06. The normalized spacial score (nSPS) is 10.6. The lowest BCUT2D eigenvalue weighted by molar-refractivity contribution is -0.123. The second-order valence-corrected chi connectivity index (χ2v) is 7.18. The van der Waals surface area contributed by atoms with Crippen LogP contribution in [0.15, 0.2) is 71.8 Å². The standard InChI is InChI=1S/C23H18Cl2N2O5/c1-30-17-7-9-18(10-8-17)31-14-22(28)27-26-13-15-2-5-19(6-3-15)32-23(29)20-11-4-16(24)12-21(20)25/h2-13H,14H2,1H3,(H,27,28)/b26-13+. The Morgan fingerprint density at radius 2 is 1.59 bits per heavy atom. The van der Waals surface area contributed by atoms with Gasteiger partial charge in [-0.3, -0.25) is 4.79 Å². The molecule has 0 fully saturated rings. The van der Waals surface area contributed by atoms with Crippen LogP contribution in [0.1, 0.15) is 15.9 Å². The number of amides is 1. The average Bonchev–Trinajstić information content (AvgIpc) is 2.79. The van der Waals surface area contributed by atoms with Crippen LogP contribution in [0.2, 0.25) is 10.0 Å². The maximum atomic E-state index is 12.2. The van der Waals surface area contributed by atoms with Crippen molar-refractivity contribution in [1.29, 1.82) is 0 Å². The first kappa shape index (κ1) is 23.1. The highest BCUT2D eigenvalue weighted by Crippen LogP contribution is 2.23. The molecule has 0 saturated carbocycles. The van der Waals surface area contributed by atoms with E-state index in [0.29, 0.717) is 27.8 Å². The van der Waals surface area contributed by atoms with E-state index in [1.807, 2.05) is 0 Å². The smallest absolute Gasteiger partial charge is 0.345 e. The van der Waals surface area contributed by atoms with Crippen molar-refractivity contribution < 1.29 is 23.8 Å². The summed E-state index contributed by atoms with van der Waals surface area (Å²) < 4.78 is 15.7. The van der Waals surface area contributed by atoms with Gasteiger partial charge in [0.1, 0.15) is 17.2 Å². The highest BCUT2D eigenvalue weighted by molar-refractivity contribution is 6.36. The number of benzene rings is 3. The van der Waals surface area contributed by atoms with E-state index < -0.39 is 11.9 Å². The number of hydrogen-bond donors (Lipinski definition) is 1. The van der Waals surface area contributed by atoms with Crippen molar-refractivity contribution in [3.63, 3.8) is 0 Å². The molecule has 3 aromatic rings. The number of carbonyl (C=O) groups excluding carboxylic acids is 2. The number of carbonyl (C=O) groups is 2. The summed E-state index contributed by atoms with van der Waals surface area (Å²) in [5.74, 6) is 0.547. The van der Waals surface area contributed by atoms with E-state index in [0.717, 1.165) is 0 Å². The molecule has 0 atom stereocenters. The molecule has 9 heteroatoms. The number of halogens is 2. The molecule has 3 aromatic carbocycles. The molecule has 32 heavy (non-hydrogen) atoms. The van der Waals surface area contributed by atoms with Crippen LogP contribution in [0.4, 0.5) is 0 Å². The number of esters is 1. The Labute approximate surface area is 194 Å². The number of nitrogens with zero attached hydrogens (tertiary/aromatic N) is 1. The zero-order valence-electron chi connectivity index (χ0n) is 16.9. The van der Waals surface area contributed by atoms with Gasteiger partial charge in [-0.15, -0.1) is 0 Å². The van der Waals surface area contributed by atoms with Gasteiger partial charge < -0.3 is 14.2 Å². The summed E-state index contributed by atoms with van der Waals surface area (Å²) in [6.45, 7) is -0.189. The zero-order valence-corrected chi connectivity index (χ0v) is 18.4. The first-order valence-electron chi connectivity index (χ1n) is 9.30. The van der Waals surface area contributed by atoms with Crippen molar-refractivity contribution in [1.82, 2.24) is 5.43 Å². The molecule has 3 rings (SSSR count). The van der Waals surface area contributed by atoms with Gasteiger partial charge in [0.05, 0.1) is 23.9 Å². The minimum absolute atomic E-state index is 0.189. The minimum atomic E-state index is -0.600. The summed E-state index contributed by atoms with van der Waals surface area (Å²) in [5.41, 5.74) is 3.27. The Bertz CT molecular complexity index is 1120. The van der Waals surface area contributed by atoms with E-state index in [9.17, 15) is 9.59 Å². The Kier molecular flexibility index (Phi) is 8.08. The molecule has 0 unspecified atom stereocenters. The third kappa shape index (κ3) is 6.73. The van der Waals surface area contributed by atoms with Gasteiger partial charge >= 0.3 is 5.97 Å². The molecule has 7 nitrogen and oxygen atoms in total. The average molecular weight is 473 g/mol. The second-order valence-electron chi connectivity index (χ2n) is 6.34. The molecule has 0 spiro atoms. The first-order valence-corrected chi connectivity index (χ1v) is 10.1. The highest BCUT2D eigenvalue weighted by atomic mass is 35.5. The fourth-order valence-corrected chi connectivity index (χ4v) is 2.96. The molecule has 0 aromatic heterocycles. The Morgan fingerprint density at radius 1 is 0.938 bits per heavy atom. The van der Waals surface area contributed by atoms with E-state index in [1.165, 1.54) is 18.3 Å². The summed E-state index contributed by atoms with van der Waals surface area (Å²) in [6, 6.07) is 17.9. The number of rotatable bonds is 8. The molecule has 0 aliphatic carbocycles. The zero-order chi connectivity index (χ0) is 22.9. The Morgan fingerprint density at radius 3 is 2.25 bits per heavy atom. The number of methoxy groups -OCH3 is 1. The summed E-state index contributed by atoms with van der Waals surface area (Å²) in [5, 5.41) is 4.51. The van der Waals surface area contributed by atoms with Gasteiger partial charge in [0.15, 0.2) is 6.61 Å². The molecule has 0 aliphatic rings. The third-order valence-electron chi connectivity index (χ3n) is 4.07. The van der Waals surface area contributed by atoms with Crippen LogP contribution in [0.5, 0.6) is 17.2 Å². The summed E-state index contributed by atoms with van der Waals surface area (Å²) in [4.78, 5) is 24.1. The van der Waals surface area contributed by atoms with Crippen LogP contribution in [0.25, 0.3) is 0 Å². The molecule has 1 N–H and O–H groups in total. The van der Waals surface area contributed by atoms with E-state index >= 15 is 0 Å². The van der Waals surface area contributed by atoms with Gasteiger partial charge in [-0.1, -0.05) is 23.2 Å². The van der Waals surface area contributed by atoms with Crippen molar-refractivity contribution in [3.8, 4) is 17.2 Å². The van der Waals surface area contributed by atoms with Crippen molar-refractivity contribution >= 4 is 41.3 Å². The van der Waals surface area contributed by atoms with Gasteiger partial charge in [0.25, 0.3) is 5.91 Å². The quantitative estimate of drug-likeness (QED) is 0.221. The van der Waals surface area contributed by atoms with Gasteiger partial charge in [0, 0.05) is 5.02 Å². The highest BCUT2D eigenvalue weighted by Gasteiger charge is 2.13. The number of nitrogens with one attached hydrogen (secondary N) is 1. The molecule has 0 heterocycles. The van der Waals surface area contributed by atoms with Gasteiger partial charge in [-0.2, -0.15) is 5.10 Å². The monoisotopic (exact) mass is 472 g/mol. The van der Waals surface area contributed by atoms with Gasteiger partial charge in [0.2, 0.25) is 0 Å². The first-order chi connectivity index (χ1) is 15.4. The van der Waals surface area contributed by atoms with E-state index in [4.69, 9.17) is 37.4 Å². The SMILES string of the molecule is COc1ccc(OCC(=O)N/N=C/c2ccc(OC(=O)c3ccc(Cl)cc3Cl)cc2)cc1. The van der Waals surface area contributed by atoms with Crippen LogP contribution in [-0.2, 0) is 4.79 Å². The largest absolute Gasteiger partial charge is 0.497 e. The fraction of sp³-hybridized carbons (Fsp3) is 0.0870. The Hall–Kier alpha value is -3.55. The maximum absolute atomic E-state index is 12.2. The molecular weight excluding hydrogens is 455 g/mol. The van der Waals surface area contributed by atoms with E-state index in [2.05, 4.69) is 10.5 Å². The minimum Gasteiger partial charge on any atom is -0.497 e. The van der Waals surface area contributed by atoms with E-state index in [-0.39, 0.29) is 17.2 Å². The fourth-order valence-electron chi connectivity index (χ4n) is 2.47. The van der Waals surface area contributed by atoms with Crippen molar-refractivity contribution in [2.45, 2.75) is 0 Å². The lowest BCUT2D eigenvalue weighted by atomic mass is 10.2. The van der Waals surface area contributed by atoms with Gasteiger partial charge in [-0.05, 0) is 72.3 Å². The molecule has 0 bridgehead atoms. The molecule has 164 valence electrons. The molecule has 1 amide bonds. The van der Waals surface area contributed by atoms with Crippen LogP contribution >= 0.6 is 23.2 Å². The molecule has 0 aliphatic heterocycles. The van der Waals surface area contributed by atoms with Crippen LogP contribution in [0, 0.1) is 0 Å². The number of hydrogen-bond acceptors (Lipinski definition) is 6. The number of ether oxygens (including phenoxy) is 3. The lowest BCUT2D eigenvalue weighted by Crippen LogP contribution is -2.24. The topological polar surface area (TPSA) is 86.2 Å². The summed E-state index contributed by atoms with van der Waals surface area (Å²) in [7, 11) is 1.57. The Balaban J connectivity index is 1.47. The van der Waals surface area contributed by atoms with Crippen molar-refractivity contribution in [3.05, 3.63) is 87.9 Å². The molecule has 0 saturated heterocycles. The molecule has 0 radical (unpaired) electrons. The second kappa shape index (κ2) is 11.2. The van der Waals surface area contributed by atoms with E-state index in [1.54, 1.807) is 61.7 Å². The van der Waals surface area contributed by atoms with Crippen LogP contribution in [0.3, 0.4) is 0 Å². The summed E-state index contributed by atoms with van der Waals surface area (Å²) >= 11 is 11.8.